The van der Waals surface area contributed by atoms with Crippen molar-refractivity contribution in [3.8, 4) is 0 Å². The van der Waals surface area contributed by atoms with Crippen LogP contribution in [0.15, 0.2) is 30.3 Å². The van der Waals surface area contributed by atoms with Gasteiger partial charge in [0.1, 0.15) is 0 Å². The van der Waals surface area contributed by atoms with Crippen molar-refractivity contribution in [3.63, 3.8) is 0 Å². The highest BCUT2D eigenvalue weighted by atomic mass is 16.2. The van der Waals surface area contributed by atoms with Crippen molar-refractivity contribution < 1.29 is 9.59 Å². The molecule has 1 saturated heterocycles. The van der Waals surface area contributed by atoms with Crippen LogP contribution in [-0.4, -0.2) is 28.9 Å². The third-order valence-electron chi connectivity index (χ3n) is 7.52. The highest BCUT2D eigenvalue weighted by Gasteiger charge is 2.73. The molecule has 1 aliphatic heterocycles. The zero-order valence-corrected chi connectivity index (χ0v) is 15.7. The van der Waals surface area contributed by atoms with Gasteiger partial charge in [-0.15, -0.1) is 0 Å². The van der Waals surface area contributed by atoms with Crippen molar-refractivity contribution in [2.24, 2.45) is 16.7 Å². The van der Waals surface area contributed by atoms with Gasteiger partial charge in [0.2, 0.25) is 5.91 Å². The van der Waals surface area contributed by atoms with E-state index in [-0.39, 0.29) is 34.9 Å². The van der Waals surface area contributed by atoms with E-state index < -0.39 is 0 Å². The van der Waals surface area contributed by atoms with Crippen LogP contribution < -0.4 is 4.90 Å². The Bertz CT molecular complexity index is 714. The molecule has 25 heavy (non-hydrogen) atoms. The maximum atomic E-state index is 13.3. The smallest absolute Gasteiger partial charge is 0.288 e. The summed E-state index contributed by atoms with van der Waals surface area (Å²) in [5, 5.41) is 0. The normalized spacial score (nSPS) is 35.4. The molecule has 0 aromatic heterocycles. The van der Waals surface area contributed by atoms with E-state index in [1.54, 1.807) is 4.90 Å². The lowest BCUT2D eigenvalue weighted by atomic mass is 9.69. The second-order valence-corrected chi connectivity index (χ2v) is 8.72. The third kappa shape index (κ3) is 1.94. The molecule has 2 bridgehead atoms. The second-order valence-electron chi connectivity index (χ2n) is 8.72. The Balaban J connectivity index is 1.84. The van der Waals surface area contributed by atoms with Gasteiger partial charge in [0, 0.05) is 12.1 Å². The van der Waals surface area contributed by atoms with E-state index in [4.69, 9.17) is 0 Å². The minimum absolute atomic E-state index is 0.00648. The monoisotopic (exact) mass is 340 g/mol. The first-order chi connectivity index (χ1) is 11.8. The molecule has 3 aliphatic rings. The summed E-state index contributed by atoms with van der Waals surface area (Å²) in [5.41, 5.74) is 1.03. The Kier molecular flexibility index (Phi) is 3.54. The molecule has 0 radical (unpaired) electrons. The number of hydrogen-bond donors (Lipinski definition) is 0. The first-order valence-electron chi connectivity index (χ1n) is 9.55. The zero-order valence-electron chi connectivity index (χ0n) is 15.7. The van der Waals surface area contributed by atoms with E-state index in [1.807, 2.05) is 42.2 Å². The maximum Gasteiger partial charge on any atom is 0.331 e. The molecule has 4 heteroatoms. The maximum absolute atomic E-state index is 13.3. The van der Waals surface area contributed by atoms with Gasteiger partial charge in [-0.05, 0) is 48.1 Å². The van der Waals surface area contributed by atoms with E-state index in [1.165, 1.54) is 0 Å². The summed E-state index contributed by atoms with van der Waals surface area (Å²) in [6, 6.07) is 9.86. The van der Waals surface area contributed by atoms with Gasteiger partial charge >= 0.3 is 6.03 Å². The van der Waals surface area contributed by atoms with Gasteiger partial charge in [-0.1, -0.05) is 45.9 Å². The van der Waals surface area contributed by atoms with E-state index >= 15 is 0 Å². The number of hydrogen-bond acceptors (Lipinski definition) is 2. The van der Waals surface area contributed by atoms with Gasteiger partial charge in [0.25, 0.3) is 0 Å². The largest absolute Gasteiger partial charge is 0.331 e. The van der Waals surface area contributed by atoms with Gasteiger partial charge in [-0.25, -0.2) is 4.79 Å². The average Bonchev–Trinajstić information content (AvgIpc) is 3.06. The van der Waals surface area contributed by atoms with E-state index in [0.717, 1.165) is 24.9 Å². The molecule has 0 N–H and O–H groups in total. The van der Waals surface area contributed by atoms with E-state index in [2.05, 4.69) is 20.8 Å². The van der Waals surface area contributed by atoms with Crippen LogP contribution in [0.5, 0.6) is 0 Å². The number of fused-ring (bicyclic) bond motifs is 5. The number of carbonyl (C=O) groups is 2. The van der Waals surface area contributed by atoms with Crippen LogP contribution in [-0.2, 0) is 4.79 Å². The van der Waals surface area contributed by atoms with Crippen molar-refractivity contribution in [2.45, 2.75) is 65.5 Å². The summed E-state index contributed by atoms with van der Waals surface area (Å²) in [7, 11) is 0. The van der Waals surface area contributed by atoms with Crippen LogP contribution in [0.3, 0.4) is 0 Å². The van der Waals surface area contributed by atoms with Crippen molar-refractivity contribution in [1.29, 1.82) is 0 Å². The Labute approximate surface area is 150 Å². The molecule has 1 aromatic rings. The molecule has 0 spiro atoms. The lowest BCUT2D eigenvalue weighted by Gasteiger charge is -2.41. The quantitative estimate of drug-likeness (QED) is 0.816. The fourth-order valence-corrected chi connectivity index (χ4v) is 5.87. The predicted octanol–water partition coefficient (Wildman–Crippen LogP) is 4.45. The highest BCUT2D eigenvalue weighted by molar-refractivity contribution is 6.06. The molecule has 134 valence electrons. The fourth-order valence-electron chi connectivity index (χ4n) is 5.87. The number of amides is 3. The summed E-state index contributed by atoms with van der Waals surface area (Å²) >= 11 is 0. The average molecular weight is 340 g/mol. The van der Waals surface area contributed by atoms with Gasteiger partial charge in [0.15, 0.2) is 0 Å². The molecule has 2 aliphatic carbocycles. The van der Waals surface area contributed by atoms with Crippen LogP contribution in [0.4, 0.5) is 10.5 Å². The number of carbonyl (C=O) groups excluding carboxylic acids is 2. The number of benzene rings is 1. The molecule has 1 aromatic carbocycles. The lowest BCUT2D eigenvalue weighted by molar-refractivity contribution is -0.131. The zero-order chi connectivity index (χ0) is 18.0. The molecule has 2 saturated carbocycles. The standard InChI is InChI=1S/C21H28N2O2/c1-5-9-16(24)23-18-17(15-12-13-21(18,4)20(15,2)3)22(19(23)25)14-10-7-6-8-11-14/h6-8,10-11,15,17-18H,5,9,12-13H2,1-4H3/t15-,17-,18-,21+/m1/s1. The first-order valence-corrected chi connectivity index (χ1v) is 9.55. The molecule has 1 heterocycles. The lowest BCUT2D eigenvalue weighted by Crippen LogP contribution is -2.50. The minimum Gasteiger partial charge on any atom is -0.288 e. The van der Waals surface area contributed by atoms with Gasteiger partial charge in [-0.2, -0.15) is 0 Å². The van der Waals surface area contributed by atoms with Gasteiger partial charge in [0.05, 0.1) is 12.1 Å². The molecule has 0 unspecified atom stereocenters. The van der Waals surface area contributed by atoms with Gasteiger partial charge < -0.3 is 0 Å². The number of urea groups is 1. The van der Waals surface area contributed by atoms with Crippen molar-refractivity contribution in [3.05, 3.63) is 30.3 Å². The van der Waals surface area contributed by atoms with Crippen molar-refractivity contribution in [2.75, 3.05) is 4.90 Å². The number of rotatable bonds is 3. The van der Waals surface area contributed by atoms with Crippen LogP contribution in [0, 0.1) is 16.7 Å². The summed E-state index contributed by atoms with van der Waals surface area (Å²) in [4.78, 5) is 29.8. The Morgan fingerprint density at radius 2 is 1.88 bits per heavy atom. The van der Waals surface area contributed by atoms with Crippen LogP contribution in [0.1, 0.15) is 53.4 Å². The molecule has 3 fully saturated rings. The SMILES string of the molecule is CCCC(=O)N1C(=O)N(c2ccccc2)[C@@H]2[C@H]3CC[C@@](C)([C@@H]21)C3(C)C. The van der Waals surface area contributed by atoms with Crippen molar-refractivity contribution >= 4 is 17.6 Å². The predicted molar refractivity (Wildman–Crippen MR) is 98.3 cm³/mol. The minimum atomic E-state index is -0.117. The summed E-state index contributed by atoms with van der Waals surface area (Å²) in [6.45, 7) is 8.96. The summed E-state index contributed by atoms with van der Waals surface area (Å²) < 4.78 is 0. The second kappa shape index (κ2) is 5.33. The Morgan fingerprint density at radius 3 is 2.52 bits per heavy atom. The Morgan fingerprint density at radius 1 is 1.20 bits per heavy atom. The van der Waals surface area contributed by atoms with E-state index in [0.29, 0.717) is 12.3 Å². The molecule has 4 atom stereocenters. The van der Waals surface area contributed by atoms with Crippen molar-refractivity contribution in [1.82, 2.24) is 4.90 Å². The number of para-hydroxylation sites is 1. The number of nitrogens with zero attached hydrogens (tertiary/aromatic N) is 2. The van der Waals surface area contributed by atoms with Crippen LogP contribution >= 0.6 is 0 Å². The van der Waals surface area contributed by atoms with E-state index in [9.17, 15) is 9.59 Å². The van der Waals surface area contributed by atoms with Crippen LogP contribution in [0.25, 0.3) is 0 Å². The first kappa shape index (κ1) is 16.6. The summed E-state index contributed by atoms with van der Waals surface area (Å²) in [5.74, 6) is 0.427. The fraction of sp³-hybridized carbons (Fsp3) is 0.619. The molecular formula is C21H28N2O2. The Hall–Kier alpha value is -1.84. The molecular weight excluding hydrogens is 312 g/mol. The topological polar surface area (TPSA) is 40.6 Å². The summed E-state index contributed by atoms with van der Waals surface area (Å²) in [6.07, 6.45) is 3.45. The molecule has 4 rings (SSSR count). The molecule has 3 amide bonds. The highest BCUT2D eigenvalue weighted by Crippen LogP contribution is 2.69. The van der Waals surface area contributed by atoms with Gasteiger partial charge in [-0.3, -0.25) is 14.6 Å². The third-order valence-corrected chi connectivity index (χ3v) is 7.52. The number of anilines is 1. The van der Waals surface area contributed by atoms with Crippen LogP contribution in [0.2, 0.25) is 0 Å². The number of imide groups is 1. The molecule has 4 nitrogen and oxygen atoms in total.